The van der Waals surface area contributed by atoms with Gasteiger partial charge in [-0.15, -0.1) is 0 Å². The molecule has 29 heavy (non-hydrogen) atoms. The maximum Gasteiger partial charge on any atom is 0.166 e. The Hall–Kier alpha value is -1.84. The molecule has 1 aliphatic heterocycles. The van der Waals surface area contributed by atoms with Crippen molar-refractivity contribution in [3.05, 3.63) is 60.7 Å². The summed E-state index contributed by atoms with van der Waals surface area (Å²) in [6, 6.07) is 23.4. The Morgan fingerprint density at radius 1 is 0.931 bits per heavy atom. The third kappa shape index (κ3) is 4.51. The molecule has 1 aliphatic carbocycles. The molecule has 2 N–H and O–H groups in total. The number of anilines is 2. The second kappa shape index (κ2) is 9.77. The van der Waals surface area contributed by atoms with E-state index in [4.69, 9.17) is 12.2 Å². The Labute approximate surface area is 181 Å². The molecule has 2 fully saturated rings. The minimum Gasteiger partial charge on any atom is -0.366 e. The topological polar surface area (TPSA) is 30.5 Å². The largest absolute Gasteiger partial charge is 0.366 e. The first-order chi connectivity index (χ1) is 14.3. The van der Waals surface area contributed by atoms with E-state index >= 15 is 0 Å². The fourth-order valence-electron chi connectivity index (χ4n) is 4.65. The van der Waals surface area contributed by atoms with Gasteiger partial charge in [0.25, 0.3) is 0 Å². The third-order valence-electron chi connectivity index (χ3n) is 5.91. The van der Waals surface area contributed by atoms with E-state index in [1.54, 1.807) is 0 Å². The first-order valence-electron chi connectivity index (χ1n) is 10.7. The van der Waals surface area contributed by atoms with E-state index in [0.29, 0.717) is 12.1 Å². The zero-order chi connectivity index (χ0) is 20.1. The molecule has 6 heteroatoms. The van der Waals surface area contributed by atoms with Crippen molar-refractivity contribution in [1.82, 2.24) is 10.6 Å². The van der Waals surface area contributed by atoms with E-state index in [2.05, 4.69) is 80.6 Å². The van der Waals surface area contributed by atoms with Crippen LogP contribution in [0.25, 0.3) is 0 Å². The average Bonchev–Trinajstić information content (AvgIpc) is 3.11. The molecule has 2 aliphatic rings. The second-order valence-corrected chi connectivity index (χ2v) is 10.2. The van der Waals surface area contributed by atoms with Gasteiger partial charge in [-0.2, -0.15) is 0 Å². The van der Waals surface area contributed by atoms with Crippen LogP contribution in [0.5, 0.6) is 0 Å². The van der Waals surface area contributed by atoms with E-state index in [1.165, 1.54) is 43.2 Å². The van der Waals surface area contributed by atoms with Crippen molar-refractivity contribution in [2.45, 2.75) is 44.2 Å². The van der Waals surface area contributed by atoms with Crippen molar-refractivity contribution in [2.24, 2.45) is 0 Å². The lowest BCUT2D eigenvalue weighted by Crippen LogP contribution is -2.40. The SMILES string of the molecule is CNC(=S)NCCCP1N(c2ccccc2)[C@@H]2CCCC[C@H]2N1c1ccccc1. The van der Waals surface area contributed by atoms with Gasteiger partial charge in [0.2, 0.25) is 0 Å². The van der Waals surface area contributed by atoms with Crippen LogP contribution in [-0.2, 0) is 0 Å². The van der Waals surface area contributed by atoms with Crippen LogP contribution in [0.4, 0.5) is 11.4 Å². The third-order valence-corrected chi connectivity index (χ3v) is 9.02. The zero-order valence-corrected chi connectivity index (χ0v) is 18.8. The van der Waals surface area contributed by atoms with Crippen molar-refractivity contribution in [3.8, 4) is 0 Å². The Bertz CT molecular complexity index is 732. The standard InChI is InChI=1S/C23H31N4PS/c1-24-23(29)25-17-10-18-28-26(19-11-4-2-5-12-19)21-15-8-9-16-22(21)27(28)20-13-6-3-7-14-20/h2-7,11-14,21-22H,8-10,15-18H2,1H3,(H2,24,25,29)/t21-,22-/m1/s1. The number of para-hydroxylation sites is 2. The van der Waals surface area contributed by atoms with Crippen LogP contribution in [0.15, 0.2) is 60.7 Å². The number of nitrogens with one attached hydrogen (secondary N) is 2. The first-order valence-corrected chi connectivity index (χ1v) is 12.5. The van der Waals surface area contributed by atoms with Gasteiger partial charge in [-0.1, -0.05) is 49.2 Å². The molecule has 2 aromatic carbocycles. The normalized spacial score (nSPS) is 21.7. The Kier molecular flexibility index (Phi) is 6.89. The number of fused-ring (bicyclic) bond motifs is 1. The van der Waals surface area contributed by atoms with Gasteiger partial charge >= 0.3 is 0 Å². The number of nitrogens with zero attached hydrogens (tertiary/aromatic N) is 2. The van der Waals surface area contributed by atoms with Gasteiger partial charge in [0, 0.05) is 31.1 Å². The quantitative estimate of drug-likeness (QED) is 0.380. The summed E-state index contributed by atoms with van der Waals surface area (Å²) in [4.78, 5) is 0. The van der Waals surface area contributed by atoms with Gasteiger partial charge < -0.3 is 20.0 Å². The molecule has 4 rings (SSSR count). The lowest BCUT2D eigenvalue weighted by atomic mass is 9.90. The minimum atomic E-state index is -0.447. The van der Waals surface area contributed by atoms with Crippen molar-refractivity contribution in [1.29, 1.82) is 0 Å². The summed E-state index contributed by atoms with van der Waals surface area (Å²) in [5.74, 6) is 0. The molecule has 0 unspecified atom stereocenters. The molecule has 0 radical (unpaired) electrons. The molecule has 1 saturated heterocycles. The van der Waals surface area contributed by atoms with Crippen LogP contribution in [-0.4, -0.2) is 37.0 Å². The van der Waals surface area contributed by atoms with Crippen molar-refractivity contribution >= 4 is 36.9 Å². The lowest BCUT2D eigenvalue weighted by molar-refractivity contribution is 0.409. The number of rotatable bonds is 6. The fraction of sp³-hybridized carbons (Fsp3) is 0.435. The van der Waals surface area contributed by atoms with Gasteiger partial charge in [0.1, 0.15) is 0 Å². The predicted octanol–water partition coefficient (Wildman–Crippen LogP) is 5.12. The molecule has 154 valence electrons. The van der Waals surface area contributed by atoms with Crippen LogP contribution in [0.1, 0.15) is 32.1 Å². The first kappa shape index (κ1) is 20.4. The Morgan fingerprint density at radius 3 is 1.93 bits per heavy atom. The molecule has 0 amide bonds. The summed E-state index contributed by atoms with van der Waals surface area (Å²) in [7, 11) is 1.42. The molecule has 1 heterocycles. The summed E-state index contributed by atoms with van der Waals surface area (Å²) in [6.45, 7) is 0.916. The highest BCUT2D eigenvalue weighted by Crippen LogP contribution is 2.60. The van der Waals surface area contributed by atoms with Gasteiger partial charge in [-0.05, 0) is 55.7 Å². The lowest BCUT2D eigenvalue weighted by Gasteiger charge is -2.34. The predicted molar refractivity (Wildman–Crippen MR) is 130 cm³/mol. The zero-order valence-electron chi connectivity index (χ0n) is 17.1. The highest BCUT2D eigenvalue weighted by Gasteiger charge is 2.47. The van der Waals surface area contributed by atoms with E-state index in [9.17, 15) is 0 Å². The van der Waals surface area contributed by atoms with E-state index < -0.39 is 8.22 Å². The maximum absolute atomic E-state index is 5.25. The minimum absolute atomic E-state index is 0.447. The molecular formula is C23H31N4PS. The van der Waals surface area contributed by atoms with Gasteiger partial charge in [-0.25, -0.2) is 0 Å². The highest BCUT2D eigenvalue weighted by atomic mass is 32.1. The summed E-state index contributed by atoms with van der Waals surface area (Å²) < 4.78 is 5.56. The average molecular weight is 427 g/mol. The van der Waals surface area contributed by atoms with Crippen LogP contribution >= 0.6 is 20.4 Å². The maximum atomic E-state index is 5.25. The van der Waals surface area contributed by atoms with Crippen molar-refractivity contribution in [2.75, 3.05) is 29.1 Å². The van der Waals surface area contributed by atoms with Crippen LogP contribution < -0.4 is 20.0 Å². The number of hydrogen-bond acceptors (Lipinski definition) is 3. The van der Waals surface area contributed by atoms with Crippen molar-refractivity contribution < 1.29 is 0 Å². The molecular weight excluding hydrogens is 395 g/mol. The summed E-state index contributed by atoms with van der Waals surface area (Å²) in [6.07, 6.45) is 7.56. The molecule has 2 atom stereocenters. The van der Waals surface area contributed by atoms with E-state index in [1.807, 2.05) is 7.05 Å². The molecule has 0 bridgehead atoms. The highest BCUT2D eigenvalue weighted by molar-refractivity contribution is 7.80. The molecule has 0 aromatic heterocycles. The second-order valence-electron chi connectivity index (χ2n) is 7.73. The number of thiocarbonyl (C=S) groups is 1. The van der Waals surface area contributed by atoms with Crippen LogP contribution in [0.3, 0.4) is 0 Å². The smallest absolute Gasteiger partial charge is 0.166 e. The fourth-order valence-corrected chi connectivity index (χ4v) is 7.85. The molecule has 2 aromatic rings. The Morgan fingerprint density at radius 2 is 1.45 bits per heavy atom. The summed E-state index contributed by atoms with van der Waals surface area (Å²) in [5, 5.41) is 7.06. The van der Waals surface area contributed by atoms with Gasteiger partial charge in [0.15, 0.2) is 5.11 Å². The summed E-state index contributed by atoms with van der Waals surface area (Å²) >= 11 is 5.25. The molecule has 1 saturated carbocycles. The van der Waals surface area contributed by atoms with Crippen LogP contribution in [0, 0.1) is 0 Å². The van der Waals surface area contributed by atoms with Crippen molar-refractivity contribution in [3.63, 3.8) is 0 Å². The number of hydrogen-bond donors (Lipinski definition) is 2. The summed E-state index contributed by atoms with van der Waals surface area (Å²) in [5.41, 5.74) is 2.76. The van der Waals surface area contributed by atoms with E-state index in [0.717, 1.165) is 18.1 Å². The Balaban J connectivity index is 1.63. The monoisotopic (exact) mass is 426 g/mol. The molecule has 0 spiro atoms. The number of benzene rings is 2. The van der Waals surface area contributed by atoms with E-state index in [-0.39, 0.29) is 0 Å². The van der Waals surface area contributed by atoms with Crippen LogP contribution in [0.2, 0.25) is 0 Å². The van der Waals surface area contributed by atoms with Gasteiger partial charge in [-0.3, -0.25) is 0 Å². The molecule has 4 nitrogen and oxygen atoms in total. The van der Waals surface area contributed by atoms with Gasteiger partial charge in [0.05, 0.1) is 20.3 Å².